The number of anilines is 1. The Morgan fingerprint density at radius 1 is 1.19 bits per heavy atom. The van der Waals surface area contributed by atoms with Gasteiger partial charge in [0.2, 0.25) is 0 Å². The maximum atomic E-state index is 12.1. The summed E-state index contributed by atoms with van der Waals surface area (Å²) in [6.07, 6.45) is 6.20. The Hall–Kier alpha value is -1.22. The molecule has 0 saturated heterocycles. The largest absolute Gasteiger partial charge is 0.446 e. The van der Waals surface area contributed by atoms with Crippen molar-refractivity contribution >= 4 is 23.4 Å². The zero-order chi connectivity index (χ0) is 14.4. The third-order valence-corrected chi connectivity index (χ3v) is 5.93. The summed E-state index contributed by atoms with van der Waals surface area (Å²) in [7, 11) is 0. The summed E-state index contributed by atoms with van der Waals surface area (Å²) in [5.41, 5.74) is 0.689. The van der Waals surface area contributed by atoms with Crippen LogP contribution in [0.2, 0.25) is 5.02 Å². The molecule has 4 heteroatoms. The number of ether oxygens (including phenoxy) is 1. The van der Waals surface area contributed by atoms with Gasteiger partial charge in [0, 0.05) is 10.7 Å². The second-order valence-electron chi connectivity index (χ2n) is 6.73. The van der Waals surface area contributed by atoms with E-state index in [2.05, 4.69) is 5.32 Å². The van der Waals surface area contributed by atoms with E-state index in [4.69, 9.17) is 16.3 Å². The molecule has 2 bridgehead atoms. The van der Waals surface area contributed by atoms with Crippen LogP contribution in [0.1, 0.15) is 32.1 Å². The third-order valence-electron chi connectivity index (χ3n) is 5.70. The Morgan fingerprint density at radius 2 is 2.05 bits per heavy atom. The topological polar surface area (TPSA) is 38.3 Å². The van der Waals surface area contributed by atoms with Crippen LogP contribution in [0.25, 0.3) is 0 Å². The summed E-state index contributed by atoms with van der Waals surface area (Å²) in [4.78, 5) is 12.1. The van der Waals surface area contributed by atoms with Crippen molar-refractivity contribution in [2.75, 3.05) is 5.32 Å². The second-order valence-corrected chi connectivity index (χ2v) is 7.17. The number of amides is 1. The number of hydrogen-bond donors (Lipinski definition) is 1. The van der Waals surface area contributed by atoms with Crippen molar-refractivity contribution in [2.45, 2.75) is 38.2 Å². The number of halogens is 1. The van der Waals surface area contributed by atoms with Crippen LogP contribution in [0.15, 0.2) is 24.3 Å². The monoisotopic (exact) mass is 305 g/mol. The smallest absolute Gasteiger partial charge is 0.411 e. The molecule has 112 valence electrons. The normalized spacial score (nSPS) is 36.5. The van der Waals surface area contributed by atoms with Gasteiger partial charge < -0.3 is 4.74 Å². The Labute approximate surface area is 130 Å². The third kappa shape index (κ3) is 2.42. The maximum Gasteiger partial charge on any atom is 0.411 e. The molecular formula is C17H20ClNO2. The van der Waals surface area contributed by atoms with Crippen molar-refractivity contribution in [2.24, 2.45) is 23.7 Å². The van der Waals surface area contributed by atoms with Crippen LogP contribution in [-0.4, -0.2) is 12.2 Å². The lowest BCUT2D eigenvalue weighted by molar-refractivity contribution is 0.0431. The number of carbonyl (C=O) groups is 1. The average molecular weight is 306 g/mol. The van der Waals surface area contributed by atoms with Gasteiger partial charge in [0.15, 0.2) is 0 Å². The lowest BCUT2D eigenvalue weighted by Crippen LogP contribution is -2.33. The number of benzene rings is 1. The molecule has 3 aliphatic rings. The van der Waals surface area contributed by atoms with Gasteiger partial charge in [0.1, 0.15) is 6.10 Å². The lowest BCUT2D eigenvalue weighted by Gasteiger charge is -2.31. The molecule has 3 aliphatic carbocycles. The molecule has 0 aromatic heterocycles. The maximum absolute atomic E-state index is 12.1. The molecule has 0 unspecified atom stereocenters. The quantitative estimate of drug-likeness (QED) is 0.859. The molecular weight excluding hydrogens is 286 g/mol. The minimum atomic E-state index is -0.343. The minimum absolute atomic E-state index is 0.119. The predicted molar refractivity (Wildman–Crippen MR) is 82.4 cm³/mol. The van der Waals surface area contributed by atoms with Crippen molar-refractivity contribution in [1.82, 2.24) is 0 Å². The molecule has 3 nitrogen and oxygen atoms in total. The highest BCUT2D eigenvalue weighted by Crippen LogP contribution is 2.59. The zero-order valence-electron chi connectivity index (χ0n) is 11.9. The average Bonchev–Trinajstić information content (AvgIpc) is 3.09. The van der Waals surface area contributed by atoms with Crippen LogP contribution >= 0.6 is 11.6 Å². The second kappa shape index (κ2) is 5.20. The number of nitrogens with one attached hydrogen (secondary N) is 1. The van der Waals surface area contributed by atoms with Crippen molar-refractivity contribution in [1.29, 1.82) is 0 Å². The van der Waals surface area contributed by atoms with Gasteiger partial charge >= 0.3 is 6.09 Å². The van der Waals surface area contributed by atoms with E-state index in [1.165, 1.54) is 25.7 Å². The molecule has 3 saturated carbocycles. The SMILES string of the molecule is O=C(Nc1cccc(Cl)c1)O[C@H]1C[C@H]2C[C@H]1[C@H]1CCC[C@H]21. The van der Waals surface area contributed by atoms with E-state index < -0.39 is 0 Å². The van der Waals surface area contributed by atoms with Crippen LogP contribution in [0, 0.1) is 23.7 Å². The van der Waals surface area contributed by atoms with E-state index in [-0.39, 0.29) is 12.2 Å². The van der Waals surface area contributed by atoms with Gasteiger partial charge in [-0.05, 0) is 67.6 Å². The number of carbonyl (C=O) groups excluding carboxylic acids is 1. The zero-order valence-corrected chi connectivity index (χ0v) is 12.7. The molecule has 1 amide bonds. The Balaban J connectivity index is 1.37. The fraction of sp³-hybridized carbons (Fsp3) is 0.588. The van der Waals surface area contributed by atoms with E-state index in [0.29, 0.717) is 16.6 Å². The summed E-state index contributed by atoms with van der Waals surface area (Å²) in [5, 5.41) is 3.40. The first-order valence-electron chi connectivity index (χ1n) is 7.94. The molecule has 0 radical (unpaired) electrons. The van der Waals surface area contributed by atoms with Gasteiger partial charge in [-0.2, -0.15) is 0 Å². The van der Waals surface area contributed by atoms with Gasteiger partial charge in [-0.1, -0.05) is 24.1 Å². The molecule has 1 aromatic carbocycles. The lowest BCUT2D eigenvalue weighted by atomic mass is 9.80. The summed E-state index contributed by atoms with van der Waals surface area (Å²) in [5.74, 6) is 3.14. The van der Waals surface area contributed by atoms with Gasteiger partial charge in [-0.3, -0.25) is 5.32 Å². The minimum Gasteiger partial charge on any atom is -0.446 e. The molecule has 0 heterocycles. The fourth-order valence-electron chi connectivity index (χ4n) is 4.99. The summed E-state index contributed by atoms with van der Waals surface area (Å²) < 4.78 is 5.70. The molecule has 5 atom stereocenters. The first-order chi connectivity index (χ1) is 10.2. The van der Waals surface area contributed by atoms with Crippen LogP contribution in [0.3, 0.4) is 0 Å². The fourth-order valence-corrected chi connectivity index (χ4v) is 5.18. The van der Waals surface area contributed by atoms with E-state index in [0.717, 1.165) is 24.2 Å². The van der Waals surface area contributed by atoms with Gasteiger partial charge in [0.25, 0.3) is 0 Å². The highest BCUT2D eigenvalue weighted by molar-refractivity contribution is 6.30. The molecule has 0 aliphatic heterocycles. The highest BCUT2D eigenvalue weighted by Gasteiger charge is 2.55. The van der Waals surface area contributed by atoms with Crippen molar-refractivity contribution in [3.63, 3.8) is 0 Å². The first-order valence-corrected chi connectivity index (χ1v) is 8.32. The molecule has 0 spiro atoms. The van der Waals surface area contributed by atoms with E-state index in [1.807, 2.05) is 12.1 Å². The van der Waals surface area contributed by atoms with E-state index in [9.17, 15) is 4.79 Å². The summed E-state index contributed by atoms with van der Waals surface area (Å²) in [6.45, 7) is 0. The van der Waals surface area contributed by atoms with E-state index in [1.54, 1.807) is 12.1 Å². The molecule has 1 aromatic rings. The van der Waals surface area contributed by atoms with Crippen LogP contribution in [0.4, 0.5) is 10.5 Å². The van der Waals surface area contributed by atoms with Crippen LogP contribution in [0.5, 0.6) is 0 Å². The number of fused-ring (bicyclic) bond motifs is 5. The molecule has 21 heavy (non-hydrogen) atoms. The summed E-state index contributed by atoms with van der Waals surface area (Å²) in [6, 6.07) is 7.16. The van der Waals surface area contributed by atoms with Crippen LogP contribution in [-0.2, 0) is 4.74 Å². The van der Waals surface area contributed by atoms with Gasteiger partial charge in [-0.25, -0.2) is 4.79 Å². The molecule has 3 fully saturated rings. The highest BCUT2D eigenvalue weighted by atomic mass is 35.5. The first kappa shape index (κ1) is 13.4. The van der Waals surface area contributed by atoms with Crippen molar-refractivity contribution in [3.8, 4) is 0 Å². The van der Waals surface area contributed by atoms with Crippen LogP contribution < -0.4 is 5.32 Å². The van der Waals surface area contributed by atoms with E-state index >= 15 is 0 Å². The Bertz CT molecular complexity index is 561. The predicted octanol–water partition coefficient (Wildman–Crippen LogP) is 4.71. The van der Waals surface area contributed by atoms with Crippen molar-refractivity contribution < 1.29 is 9.53 Å². The van der Waals surface area contributed by atoms with Gasteiger partial charge in [0.05, 0.1) is 0 Å². The Kier molecular flexibility index (Phi) is 3.33. The summed E-state index contributed by atoms with van der Waals surface area (Å²) >= 11 is 5.92. The van der Waals surface area contributed by atoms with Crippen molar-refractivity contribution in [3.05, 3.63) is 29.3 Å². The Morgan fingerprint density at radius 3 is 2.90 bits per heavy atom. The van der Waals surface area contributed by atoms with Gasteiger partial charge in [-0.15, -0.1) is 0 Å². The number of rotatable bonds is 2. The molecule has 1 N–H and O–H groups in total. The number of hydrogen-bond acceptors (Lipinski definition) is 2. The standard InChI is InChI=1S/C17H20ClNO2/c18-11-3-1-4-12(9-11)19-17(20)21-16-8-10-7-15(16)14-6-2-5-13(10)14/h1,3-4,9-10,13-16H,2,5-8H2,(H,19,20)/t10-,13-,14+,15+,16+/m1/s1. The molecule has 4 rings (SSSR count).